The van der Waals surface area contributed by atoms with Crippen molar-refractivity contribution in [2.75, 3.05) is 13.7 Å². The van der Waals surface area contributed by atoms with Gasteiger partial charge >= 0.3 is 0 Å². The lowest BCUT2D eigenvalue weighted by Crippen LogP contribution is -2.18. The van der Waals surface area contributed by atoms with E-state index in [1.54, 1.807) is 7.11 Å². The highest BCUT2D eigenvalue weighted by molar-refractivity contribution is 5.40. The summed E-state index contributed by atoms with van der Waals surface area (Å²) in [5.41, 5.74) is 2.64. The molecule has 0 aliphatic rings. The monoisotopic (exact) mass is 264 g/mol. The van der Waals surface area contributed by atoms with Crippen molar-refractivity contribution in [1.82, 2.24) is 0 Å². The molecule has 1 aromatic rings. The first-order valence-corrected chi connectivity index (χ1v) is 7.07. The van der Waals surface area contributed by atoms with E-state index in [1.165, 1.54) is 11.1 Å². The van der Waals surface area contributed by atoms with Gasteiger partial charge in [0.25, 0.3) is 0 Å². The third-order valence-corrected chi connectivity index (χ3v) is 3.81. The zero-order valence-corrected chi connectivity index (χ0v) is 13.2. The Morgan fingerprint density at radius 1 is 1.21 bits per heavy atom. The second kappa shape index (κ2) is 6.42. The summed E-state index contributed by atoms with van der Waals surface area (Å²) in [6.45, 7) is 11.2. The first-order valence-electron chi connectivity index (χ1n) is 7.07. The summed E-state index contributed by atoms with van der Waals surface area (Å²) in [6, 6.07) is 6.40. The predicted octanol–water partition coefficient (Wildman–Crippen LogP) is 3.80. The number of aliphatic hydroxyl groups is 1. The van der Waals surface area contributed by atoms with Crippen molar-refractivity contribution >= 4 is 0 Å². The Balaban J connectivity index is 3.09. The van der Waals surface area contributed by atoms with Crippen LogP contribution in [0.15, 0.2) is 18.2 Å². The molecule has 1 aromatic carbocycles. The second-order valence-corrected chi connectivity index (χ2v) is 6.67. The van der Waals surface area contributed by atoms with Crippen LogP contribution < -0.4 is 4.74 Å². The van der Waals surface area contributed by atoms with E-state index in [2.05, 4.69) is 46.8 Å². The van der Waals surface area contributed by atoms with Crippen LogP contribution in [0.5, 0.6) is 5.75 Å². The molecule has 0 spiro atoms. The normalized spacial score (nSPS) is 13.7. The molecule has 0 saturated carbocycles. The van der Waals surface area contributed by atoms with E-state index in [9.17, 15) is 5.11 Å². The summed E-state index contributed by atoms with van der Waals surface area (Å²) in [7, 11) is 1.71. The number of benzene rings is 1. The van der Waals surface area contributed by atoms with Gasteiger partial charge in [-0.25, -0.2) is 0 Å². The van der Waals surface area contributed by atoms with Gasteiger partial charge in [0.15, 0.2) is 0 Å². The third kappa shape index (κ3) is 4.24. The van der Waals surface area contributed by atoms with Gasteiger partial charge in [0.1, 0.15) is 5.75 Å². The molecule has 0 aromatic heterocycles. The summed E-state index contributed by atoms with van der Waals surface area (Å²) in [6.07, 6.45) is 0.862. The lowest BCUT2D eigenvalue weighted by atomic mass is 9.83. The third-order valence-electron chi connectivity index (χ3n) is 3.81. The van der Waals surface area contributed by atoms with E-state index in [1.807, 2.05) is 6.07 Å². The van der Waals surface area contributed by atoms with Crippen molar-refractivity contribution in [3.05, 3.63) is 29.3 Å². The largest absolute Gasteiger partial charge is 0.496 e. The van der Waals surface area contributed by atoms with E-state index < -0.39 is 0 Å². The minimum absolute atomic E-state index is 0.133. The molecule has 0 saturated heterocycles. The molecule has 1 N–H and O–H groups in total. The van der Waals surface area contributed by atoms with Gasteiger partial charge in [-0.1, -0.05) is 46.8 Å². The van der Waals surface area contributed by atoms with Crippen molar-refractivity contribution in [2.24, 2.45) is 11.8 Å². The molecule has 1 rings (SSSR count). The van der Waals surface area contributed by atoms with Crippen molar-refractivity contribution < 1.29 is 9.84 Å². The standard InChI is InChI=1S/C17H28O2/c1-12(2)14(11-18)9-13-10-15(17(3,4)5)7-8-16(13)19-6/h7-8,10,12,14,18H,9,11H2,1-6H3. The predicted molar refractivity (Wildman–Crippen MR) is 80.8 cm³/mol. The Bertz CT molecular complexity index is 402. The van der Waals surface area contributed by atoms with Crippen LogP contribution in [0.1, 0.15) is 45.7 Å². The van der Waals surface area contributed by atoms with Crippen molar-refractivity contribution in [3.63, 3.8) is 0 Å². The Morgan fingerprint density at radius 3 is 2.26 bits per heavy atom. The molecule has 19 heavy (non-hydrogen) atoms. The Morgan fingerprint density at radius 2 is 1.84 bits per heavy atom. The first kappa shape index (κ1) is 16.0. The molecule has 0 heterocycles. The van der Waals surface area contributed by atoms with Gasteiger partial charge < -0.3 is 9.84 Å². The fraction of sp³-hybridized carbons (Fsp3) is 0.647. The highest BCUT2D eigenvalue weighted by Gasteiger charge is 2.19. The zero-order valence-electron chi connectivity index (χ0n) is 13.2. The SMILES string of the molecule is COc1ccc(C(C)(C)C)cc1CC(CO)C(C)C. The summed E-state index contributed by atoms with van der Waals surface area (Å²) < 4.78 is 5.46. The van der Waals surface area contributed by atoms with Crippen molar-refractivity contribution in [1.29, 1.82) is 0 Å². The topological polar surface area (TPSA) is 29.5 Å². The average molecular weight is 264 g/mol. The highest BCUT2D eigenvalue weighted by Crippen LogP contribution is 2.30. The summed E-state index contributed by atoms with van der Waals surface area (Å²) in [5.74, 6) is 1.67. The summed E-state index contributed by atoms with van der Waals surface area (Å²) in [5, 5.41) is 9.51. The van der Waals surface area contributed by atoms with Crippen LogP contribution in [-0.2, 0) is 11.8 Å². The molecule has 0 amide bonds. The molecule has 0 aliphatic carbocycles. The van der Waals surface area contributed by atoms with E-state index in [0.29, 0.717) is 5.92 Å². The molecule has 2 nitrogen and oxygen atoms in total. The van der Waals surface area contributed by atoms with Gasteiger partial charge in [0.05, 0.1) is 7.11 Å². The lowest BCUT2D eigenvalue weighted by molar-refractivity contribution is 0.188. The van der Waals surface area contributed by atoms with Crippen LogP contribution in [0, 0.1) is 11.8 Å². The maximum atomic E-state index is 9.51. The average Bonchev–Trinajstić information content (AvgIpc) is 2.34. The second-order valence-electron chi connectivity index (χ2n) is 6.67. The molecular formula is C17H28O2. The van der Waals surface area contributed by atoms with Gasteiger partial charge in [-0.2, -0.15) is 0 Å². The fourth-order valence-electron chi connectivity index (χ4n) is 2.20. The number of ether oxygens (including phenoxy) is 1. The van der Waals surface area contributed by atoms with E-state index in [4.69, 9.17) is 4.74 Å². The first-order chi connectivity index (χ1) is 8.79. The summed E-state index contributed by atoms with van der Waals surface area (Å²) in [4.78, 5) is 0. The van der Waals surface area contributed by atoms with Crippen molar-refractivity contribution in [2.45, 2.75) is 46.5 Å². The maximum absolute atomic E-state index is 9.51. The van der Waals surface area contributed by atoms with Crippen LogP contribution >= 0.6 is 0 Å². The van der Waals surface area contributed by atoms with Crippen molar-refractivity contribution in [3.8, 4) is 5.75 Å². The number of hydrogen-bond acceptors (Lipinski definition) is 2. The van der Waals surface area contributed by atoms with E-state index in [0.717, 1.165) is 12.2 Å². The Hall–Kier alpha value is -1.02. The zero-order chi connectivity index (χ0) is 14.6. The Labute approximate surface area is 117 Å². The molecule has 0 aliphatic heterocycles. The van der Waals surface area contributed by atoms with Gasteiger partial charge in [-0.15, -0.1) is 0 Å². The molecular weight excluding hydrogens is 236 g/mol. The van der Waals surface area contributed by atoms with Crippen LogP contribution in [0.2, 0.25) is 0 Å². The molecule has 2 heteroatoms. The number of hydrogen-bond donors (Lipinski definition) is 1. The highest BCUT2D eigenvalue weighted by atomic mass is 16.5. The minimum atomic E-state index is 0.133. The number of rotatable bonds is 5. The van der Waals surface area contributed by atoms with Crippen LogP contribution in [0.25, 0.3) is 0 Å². The smallest absolute Gasteiger partial charge is 0.122 e. The van der Waals surface area contributed by atoms with Gasteiger partial charge in [-0.3, -0.25) is 0 Å². The van der Waals surface area contributed by atoms with E-state index in [-0.39, 0.29) is 17.9 Å². The molecule has 108 valence electrons. The molecule has 0 bridgehead atoms. The van der Waals surface area contributed by atoms with E-state index >= 15 is 0 Å². The number of aliphatic hydroxyl groups excluding tert-OH is 1. The molecule has 1 atom stereocenters. The minimum Gasteiger partial charge on any atom is -0.496 e. The van der Waals surface area contributed by atoms with Crippen LogP contribution in [0.4, 0.5) is 0 Å². The maximum Gasteiger partial charge on any atom is 0.122 e. The van der Waals surface area contributed by atoms with Crippen LogP contribution in [0.3, 0.4) is 0 Å². The van der Waals surface area contributed by atoms with Crippen LogP contribution in [-0.4, -0.2) is 18.8 Å². The molecule has 0 radical (unpaired) electrons. The van der Waals surface area contributed by atoms with Gasteiger partial charge in [-0.05, 0) is 40.9 Å². The number of methoxy groups -OCH3 is 1. The molecule has 0 fully saturated rings. The lowest BCUT2D eigenvalue weighted by Gasteiger charge is -2.23. The van der Waals surface area contributed by atoms with Gasteiger partial charge in [0, 0.05) is 6.61 Å². The fourth-order valence-corrected chi connectivity index (χ4v) is 2.20. The Kier molecular flexibility index (Phi) is 5.42. The molecule has 1 unspecified atom stereocenters. The quantitative estimate of drug-likeness (QED) is 0.876. The summed E-state index contributed by atoms with van der Waals surface area (Å²) >= 11 is 0. The van der Waals surface area contributed by atoms with Gasteiger partial charge in [0.2, 0.25) is 0 Å².